The normalized spacial score (nSPS) is 21.6. The van der Waals surface area contributed by atoms with Crippen molar-refractivity contribution < 1.29 is 0 Å². The Morgan fingerprint density at radius 3 is 2.67 bits per heavy atom. The summed E-state index contributed by atoms with van der Waals surface area (Å²) in [6.07, 6.45) is 3.69. The van der Waals surface area contributed by atoms with E-state index in [1.807, 2.05) is 0 Å². The monoisotopic (exact) mass is 125 g/mol. The topological polar surface area (TPSA) is 26.0 Å². The fourth-order valence-corrected chi connectivity index (χ4v) is 1.02. The van der Waals surface area contributed by atoms with Gasteiger partial charge in [-0.15, -0.1) is 0 Å². The second kappa shape index (κ2) is 2.53. The second-order valence-corrected chi connectivity index (χ2v) is 2.86. The van der Waals surface area contributed by atoms with E-state index in [0.717, 1.165) is 12.3 Å². The average Bonchev–Trinajstić information content (AvgIpc) is 2.66. The van der Waals surface area contributed by atoms with Crippen LogP contribution >= 0.6 is 0 Å². The van der Waals surface area contributed by atoms with Gasteiger partial charge in [0.25, 0.3) is 0 Å². The standard InChI is InChI=1S/C8H15N/c1-3-8(9)6(2)7-4-5-7/h7-8H,2-5,9H2,1H3/t8-/m1/s1. The van der Waals surface area contributed by atoms with Crippen LogP contribution in [0.1, 0.15) is 26.2 Å². The molecule has 0 bridgehead atoms. The quantitative estimate of drug-likeness (QED) is 0.571. The third-order valence-corrected chi connectivity index (χ3v) is 2.02. The summed E-state index contributed by atoms with van der Waals surface area (Å²) in [5, 5.41) is 0. The van der Waals surface area contributed by atoms with Crippen LogP contribution in [0, 0.1) is 5.92 Å². The lowest BCUT2D eigenvalue weighted by Crippen LogP contribution is -2.21. The molecule has 1 aliphatic carbocycles. The van der Waals surface area contributed by atoms with Crippen LogP contribution in [0.3, 0.4) is 0 Å². The fraction of sp³-hybridized carbons (Fsp3) is 0.750. The van der Waals surface area contributed by atoms with Gasteiger partial charge in [-0.1, -0.05) is 19.1 Å². The van der Waals surface area contributed by atoms with Crippen molar-refractivity contribution in [1.29, 1.82) is 0 Å². The van der Waals surface area contributed by atoms with Gasteiger partial charge in [0, 0.05) is 6.04 Å². The van der Waals surface area contributed by atoms with Crippen LogP contribution in [0.2, 0.25) is 0 Å². The predicted molar refractivity (Wildman–Crippen MR) is 40.1 cm³/mol. The summed E-state index contributed by atoms with van der Waals surface area (Å²) in [7, 11) is 0. The Hall–Kier alpha value is -0.300. The van der Waals surface area contributed by atoms with Crippen LogP contribution in [0.4, 0.5) is 0 Å². The number of hydrogen-bond donors (Lipinski definition) is 1. The zero-order chi connectivity index (χ0) is 6.85. The Morgan fingerprint density at radius 2 is 2.33 bits per heavy atom. The highest BCUT2D eigenvalue weighted by molar-refractivity contribution is 5.13. The number of nitrogens with two attached hydrogens (primary N) is 1. The maximum Gasteiger partial charge on any atom is 0.0251 e. The van der Waals surface area contributed by atoms with Crippen molar-refractivity contribution in [3.05, 3.63) is 12.2 Å². The van der Waals surface area contributed by atoms with E-state index >= 15 is 0 Å². The van der Waals surface area contributed by atoms with Crippen molar-refractivity contribution in [3.63, 3.8) is 0 Å². The molecule has 1 rings (SSSR count). The van der Waals surface area contributed by atoms with Crippen LogP contribution in [0.15, 0.2) is 12.2 Å². The smallest absolute Gasteiger partial charge is 0.0251 e. The summed E-state index contributed by atoms with van der Waals surface area (Å²) in [5.74, 6) is 0.778. The highest BCUT2D eigenvalue weighted by Gasteiger charge is 2.26. The van der Waals surface area contributed by atoms with Crippen molar-refractivity contribution in [2.24, 2.45) is 11.7 Å². The summed E-state index contributed by atoms with van der Waals surface area (Å²) >= 11 is 0. The van der Waals surface area contributed by atoms with Gasteiger partial charge < -0.3 is 5.73 Å². The maximum atomic E-state index is 5.76. The average molecular weight is 125 g/mol. The third-order valence-electron chi connectivity index (χ3n) is 2.02. The lowest BCUT2D eigenvalue weighted by atomic mass is 10.0. The lowest BCUT2D eigenvalue weighted by Gasteiger charge is -2.10. The van der Waals surface area contributed by atoms with E-state index in [9.17, 15) is 0 Å². The summed E-state index contributed by atoms with van der Waals surface area (Å²) in [5.41, 5.74) is 7.03. The first-order chi connectivity index (χ1) is 4.25. The highest BCUT2D eigenvalue weighted by Crippen LogP contribution is 2.36. The van der Waals surface area contributed by atoms with E-state index < -0.39 is 0 Å². The van der Waals surface area contributed by atoms with Gasteiger partial charge in [0.2, 0.25) is 0 Å². The molecule has 0 heterocycles. The van der Waals surface area contributed by atoms with Crippen molar-refractivity contribution in [2.75, 3.05) is 0 Å². The summed E-state index contributed by atoms with van der Waals surface area (Å²) in [6.45, 7) is 6.07. The molecule has 0 spiro atoms. The van der Waals surface area contributed by atoms with Crippen molar-refractivity contribution >= 4 is 0 Å². The summed E-state index contributed by atoms with van der Waals surface area (Å²) < 4.78 is 0. The molecule has 0 aliphatic heterocycles. The molecule has 1 aliphatic rings. The molecule has 0 aromatic rings. The van der Waals surface area contributed by atoms with E-state index in [2.05, 4.69) is 13.5 Å². The fourth-order valence-electron chi connectivity index (χ4n) is 1.02. The highest BCUT2D eigenvalue weighted by atomic mass is 14.6. The first-order valence-corrected chi connectivity index (χ1v) is 3.70. The molecular formula is C8H15N. The molecule has 1 fully saturated rings. The van der Waals surface area contributed by atoms with Gasteiger partial charge in [-0.25, -0.2) is 0 Å². The zero-order valence-corrected chi connectivity index (χ0v) is 6.06. The minimum Gasteiger partial charge on any atom is -0.324 e. The molecule has 0 amide bonds. The molecule has 0 aromatic carbocycles. The van der Waals surface area contributed by atoms with Gasteiger partial charge in [-0.2, -0.15) is 0 Å². The first-order valence-electron chi connectivity index (χ1n) is 3.70. The molecular weight excluding hydrogens is 110 g/mol. The summed E-state index contributed by atoms with van der Waals surface area (Å²) in [6, 6.07) is 0.262. The third kappa shape index (κ3) is 1.55. The van der Waals surface area contributed by atoms with Crippen LogP contribution in [-0.2, 0) is 0 Å². The maximum absolute atomic E-state index is 5.76. The Labute approximate surface area is 56.9 Å². The Morgan fingerprint density at radius 1 is 1.78 bits per heavy atom. The Kier molecular flexibility index (Phi) is 1.91. The first kappa shape index (κ1) is 6.81. The molecule has 52 valence electrons. The van der Waals surface area contributed by atoms with Crippen molar-refractivity contribution in [3.8, 4) is 0 Å². The van der Waals surface area contributed by atoms with Crippen LogP contribution < -0.4 is 5.73 Å². The molecule has 0 radical (unpaired) electrons. The van der Waals surface area contributed by atoms with Crippen LogP contribution in [0.5, 0.6) is 0 Å². The summed E-state index contributed by atoms with van der Waals surface area (Å²) in [4.78, 5) is 0. The molecule has 0 unspecified atom stereocenters. The molecule has 1 saturated carbocycles. The molecule has 1 nitrogen and oxygen atoms in total. The van der Waals surface area contributed by atoms with Gasteiger partial charge in [0.15, 0.2) is 0 Å². The second-order valence-electron chi connectivity index (χ2n) is 2.86. The molecule has 1 heteroatoms. The van der Waals surface area contributed by atoms with Crippen LogP contribution in [-0.4, -0.2) is 6.04 Å². The van der Waals surface area contributed by atoms with E-state index in [1.165, 1.54) is 18.4 Å². The predicted octanol–water partition coefficient (Wildman–Crippen LogP) is 1.69. The SMILES string of the molecule is C=C(C1CC1)[C@H](N)CC. The van der Waals surface area contributed by atoms with Crippen molar-refractivity contribution in [2.45, 2.75) is 32.2 Å². The molecule has 1 atom stereocenters. The number of rotatable bonds is 3. The Balaban J connectivity index is 2.31. The van der Waals surface area contributed by atoms with Gasteiger partial charge >= 0.3 is 0 Å². The Bertz CT molecular complexity index is 114. The minimum absolute atomic E-state index is 0.262. The van der Waals surface area contributed by atoms with Gasteiger partial charge in [0.05, 0.1) is 0 Å². The lowest BCUT2D eigenvalue weighted by molar-refractivity contribution is 0.696. The molecule has 9 heavy (non-hydrogen) atoms. The van der Waals surface area contributed by atoms with E-state index in [4.69, 9.17) is 5.73 Å². The minimum atomic E-state index is 0.262. The van der Waals surface area contributed by atoms with E-state index in [-0.39, 0.29) is 6.04 Å². The van der Waals surface area contributed by atoms with E-state index in [1.54, 1.807) is 0 Å². The largest absolute Gasteiger partial charge is 0.324 e. The molecule has 2 N–H and O–H groups in total. The van der Waals surface area contributed by atoms with E-state index in [0.29, 0.717) is 0 Å². The molecule has 0 saturated heterocycles. The van der Waals surface area contributed by atoms with Crippen LogP contribution in [0.25, 0.3) is 0 Å². The number of hydrogen-bond acceptors (Lipinski definition) is 1. The van der Waals surface area contributed by atoms with Crippen molar-refractivity contribution in [1.82, 2.24) is 0 Å². The van der Waals surface area contributed by atoms with Gasteiger partial charge in [0.1, 0.15) is 0 Å². The zero-order valence-electron chi connectivity index (χ0n) is 6.06. The molecule has 0 aromatic heterocycles. The van der Waals surface area contributed by atoms with Gasteiger partial charge in [-0.3, -0.25) is 0 Å². The van der Waals surface area contributed by atoms with Gasteiger partial charge in [-0.05, 0) is 25.2 Å².